The van der Waals surface area contributed by atoms with Gasteiger partial charge in [0.15, 0.2) is 0 Å². The molecule has 1 aromatic rings. The Morgan fingerprint density at radius 2 is 1.96 bits per heavy atom. The molecule has 1 aromatic carbocycles. The highest BCUT2D eigenvalue weighted by molar-refractivity contribution is 5.32. The third-order valence-corrected chi connectivity index (χ3v) is 5.82. The number of likely N-dealkylation sites (tertiary alicyclic amines) is 1. The number of aliphatic hydroxyl groups is 1. The van der Waals surface area contributed by atoms with Crippen LogP contribution in [0, 0.1) is 5.92 Å². The summed E-state index contributed by atoms with van der Waals surface area (Å²) in [7, 11) is 0. The van der Waals surface area contributed by atoms with E-state index in [-0.39, 0.29) is 23.6 Å². The van der Waals surface area contributed by atoms with Gasteiger partial charge in [-0.25, -0.2) is 0 Å². The highest BCUT2D eigenvalue weighted by Gasteiger charge is 2.35. The quantitative estimate of drug-likeness (QED) is 0.811. The first-order chi connectivity index (χ1) is 12.8. The van der Waals surface area contributed by atoms with Crippen LogP contribution in [0.2, 0.25) is 0 Å². The summed E-state index contributed by atoms with van der Waals surface area (Å²) in [5.41, 5.74) is 6.90. The smallest absolute Gasteiger partial charge is 0.406 e. The molecule has 7 heteroatoms. The first kappa shape index (κ1) is 20.4. The molecule has 0 amide bonds. The first-order valence-corrected chi connectivity index (χ1v) is 9.83. The first-order valence-electron chi connectivity index (χ1n) is 9.83. The molecule has 3 N–H and O–H groups in total. The van der Waals surface area contributed by atoms with Crippen LogP contribution in [0.5, 0.6) is 5.75 Å². The van der Waals surface area contributed by atoms with Crippen LogP contribution in [-0.2, 0) is 0 Å². The van der Waals surface area contributed by atoms with E-state index in [1.165, 1.54) is 12.1 Å². The highest BCUT2D eigenvalue weighted by Crippen LogP contribution is 2.38. The molecule has 0 radical (unpaired) electrons. The predicted octanol–water partition coefficient (Wildman–Crippen LogP) is 3.64. The van der Waals surface area contributed by atoms with E-state index in [4.69, 9.17) is 5.73 Å². The summed E-state index contributed by atoms with van der Waals surface area (Å²) < 4.78 is 42.0. The summed E-state index contributed by atoms with van der Waals surface area (Å²) in [5.74, 6) is -0.203. The van der Waals surface area contributed by atoms with Crippen LogP contribution in [0.15, 0.2) is 24.3 Å². The number of nitrogens with zero attached hydrogens (tertiary/aromatic N) is 1. The zero-order valence-electron chi connectivity index (χ0n) is 15.5. The molecule has 152 valence electrons. The van der Waals surface area contributed by atoms with E-state index in [0.717, 1.165) is 57.2 Å². The molecule has 1 aliphatic heterocycles. The summed E-state index contributed by atoms with van der Waals surface area (Å²) >= 11 is 0. The van der Waals surface area contributed by atoms with Crippen molar-refractivity contribution >= 4 is 0 Å². The number of alkyl halides is 3. The SMILES string of the molecule is N[C@H]1CCCN(CC(c2cccc(OC(F)(F)F)c2)C2CCCCC2O)C1. The predicted molar refractivity (Wildman–Crippen MR) is 97.5 cm³/mol. The maximum atomic E-state index is 12.6. The van der Waals surface area contributed by atoms with Gasteiger partial charge >= 0.3 is 6.36 Å². The second-order valence-electron chi connectivity index (χ2n) is 7.90. The zero-order valence-corrected chi connectivity index (χ0v) is 15.5. The average molecular weight is 386 g/mol. The molecule has 4 atom stereocenters. The Morgan fingerprint density at radius 3 is 2.67 bits per heavy atom. The lowest BCUT2D eigenvalue weighted by Gasteiger charge is -2.39. The van der Waals surface area contributed by atoms with Gasteiger partial charge < -0.3 is 20.5 Å². The normalized spacial score (nSPS) is 28.7. The number of halogens is 3. The minimum absolute atomic E-state index is 0.0395. The van der Waals surface area contributed by atoms with Gasteiger partial charge in [0.1, 0.15) is 5.75 Å². The van der Waals surface area contributed by atoms with E-state index < -0.39 is 12.5 Å². The van der Waals surface area contributed by atoms with Gasteiger partial charge in [0.25, 0.3) is 0 Å². The summed E-state index contributed by atoms with van der Waals surface area (Å²) in [4.78, 5) is 2.29. The second-order valence-corrected chi connectivity index (χ2v) is 7.90. The van der Waals surface area contributed by atoms with Crippen LogP contribution in [0.4, 0.5) is 13.2 Å². The molecule has 2 aliphatic rings. The lowest BCUT2D eigenvalue weighted by Crippen LogP contribution is -2.46. The Morgan fingerprint density at radius 1 is 1.19 bits per heavy atom. The molecule has 4 nitrogen and oxygen atoms in total. The maximum Gasteiger partial charge on any atom is 0.573 e. The van der Waals surface area contributed by atoms with Crippen molar-refractivity contribution in [1.29, 1.82) is 0 Å². The van der Waals surface area contributed by atoms with E-state index >= 15 is 0 Å². The molecule has 1 saturated carbocycles. The van der Waals surface area contributed by atoms with Crippen LogP contribution >= 0.6 is 0 Å². The number of ether oxygens (including phenoxy) is 1. The number of rotatable bonds is 5. The number of hydrogen-bond acceptors (Lipinski definition) is 4. The fraction of sp³-hybridized carbons (Fsp3) is 0.700. The zero-order chi connectivity index (χ0) is 19.4. The van der Waals surface area contributed by atoms with Crippen LogP contribution in [0.25, 0.3) is 0 Å². The molecule has 2 fully saturated rings. The van der Waals surface area contributed by atoms with Gasteiger partial charge in [-0.2, -0.15) is 0 Å². The van der Waals surface area contributed by atoms with Crippen molar-refractivity contribution in [3.05, 3.63) is 29.8 Å². The number of nitrogens with two attached hydrogens (primary N) is 1. The molecular formula is C20H29F3N2O2. The minimum atomic E-state index is -4.71. The van der Waals surface area contributed by atoms with Crippen LogP contribution in [-0.4, -0.2) is 48.1 Å². The Labute approximate surface area is 158 Å². The Hall–Kier alpha value is -1.31. The number of benzene rings is 1. The molecule has 0 aromatic heterocycles. The molecular weight excluding hydrogens is 357 g/mol. The van der Waals surface area contributed by atoms with Gasteiger partial charge in [0.05, 0.1) is 6.10 Å². The van der Waals surface area contributed by atoms with Crippen LogP contribution in [0.3, 0.4) is 0 Å². The molecule has 0 bridgehead atoms. The molecule has 1 aliphatic carbocycles. The third-order valence-electron chi connectivity index (χ3n) is 5.82. The van der Waals surface area contributed by atoms with Crippen molar-refractivity contribution in [2.45, 2.75) is 63.0 Å². The Balaban J connectivity index is 1.83. The Kier molecular flexibility index (Phi) is 6.65. The van der Waals surface area contributed by atoms with Gasteiger partial charge in [-0.1, -0.05) is 25.0 Å². The van der Waals surface area contributed by atoms with Crippen molar-refractivity contribution in [2.24, 2.45) is 11.7 Å². The fourth-order valence-corrected chi connectivity index (χ4v) is 4.57. The second kappa shape index (κ2) is 8.80. The molecule has 27 heavy (non-hydrogen) atoms. The lowest BCUT2D eigenvalue weighted by atomic mass is 9.74. The number of aliphatic hydroxyl groups excluding tert-OH is 1. The van der Waals surface area contributed by atoms with Crippen molar-refractivity contribution in [3.8, 4) is 5.75 Å². The molecule has 3 rings (SSSR count). The number of hydrogen-bond donors (Lipinski definition) is 2. The van der Waals surface area contributed by atoms with Crippen molar-refractivity contribution < 1.29 is 23.0 Å². The van der Waals surface area contributed by atoms with E-state index in [9.17, 15) is 18.3 Å². The Bertz CT molecular complexity index is 611. The van der Waals surface area contributed by atoms with Gasteiger partial charge in [0.2, 0.25) is 0 Å². The molecule has 3 unspecified atom stereocenters. The molecule has 1 heterocycles. The highest BCUT2D eigenvalue weighted by atomic mass is 19.4. The van der Waals surface area contributed by atoms with Crippen LogP contribution < -0.4 is 10.5 Å². The molecule has 0 spiro atoms. The summed E-state index contributed by atoms with van der Waals surface area (Å²) in [5, 5.41) is 10.6. The van der Waals surface area contributed by atoms with Crippen LogP contribution in [0.1, 0.15) is 50.0 Å². The standard InChI is InChI=1S/C20H29F3N2O2/c21-20(22,23)27-16-7-3-5-14(11-16)18(17-8-1-2-9-19(17)26)13-25-10-4-6-15(24)12-25/h3,5,7,11,15,17-19,26H,1-2,4,6,8-10,12-13,24H2/t15-,17?,18?,19?/m0/s1. The monoisotopic (exact) mass is 386 g/mol. The topological polar surface area (TPSA) is 58.7 Å². The fourth-order valence-electron chi connectivity index (χ4n) is 4.57. The van der Waals surface area contributed by atoms with E-state index in [2.05, 4.69) is 9.64 Å². The summed E-state index contributed by atoms with van der Waals surface area (Å²) in [6, 6.07) is 6.38. The van der Waals surface area contributed by atoms with Gasteiger partial charge in [0, 0.05) is 25.0 Å². The van der Waals surface area contributed by atoms with Gasteiger partial charge in [-0.05, 0) is 55.8 Å². The van der Waals surface area contributed by atoms with E-state index in [1.807, 2.05) is 6.07 Å². The minimum Gasteiger partial charge on any atom is -0.406 e. The summed E-state index contributed by atoms with van der Waals surface area (Å²) in [6.45, 7) is 2.43. The molecule has 1 saturated heterocycles. The van der Waals surface area contributed by atoms with Crippen molar-refractivity contribution in [3.63, 3.8) is 0 Å². The lowest BCUT2D eigenvalue weighted by molar-refractivity contribution is -0.274. The summed E-state index contributed by atoms with van der Waals surface area (Å²) in [6.07, 6.45) is 0.565. The van der Waals surface area contributed by atoms with Crippen molar-refractivity contribution in [1.82, 2.24) is 4.90 Å². The number of piperidine rings is 1. The average Bonchev–Trinajstić information content (AvgIpc) is 2.59. The van der Waals surface area contributed by atoms with E-state index in [1.54, 1.807) is 6.07 Å². The van der Waals surface area contributed by atoms with Gasteiger partial charge in [-0.3, -0.25) is 0 Å². The van der Waals surface area contributed by atoms with E-state index in [0.29, 0.717) is 6.54 Å². The maximum absolute atomic E-state index is 12.6. The van der Waals surface area contributed by atoms with Crippen molar-refractivity contribution in [2.75, 3.05) is 19.6 Å². The van der Waals surface area contributed by atoms with Gasteiger partial charge in [-0.15, -0.1) is 13.2 Å². The largest absolute Gasteiger partial charge is 0.573 e. The third kappa shape index (κ3) is 5.83.